The molecule has 1 saturated heterocycles. The van der Waals surface area contributed by atoms with E-state index in [1.54, 1.807) is 12.1 Å². The number of anilines is 1. The maximum absolute atomic E-state index is 12.0. The quantitative estimate of drug-likeness (QED) is 0.741. The molecule has 1 fully saturated rings. The second kappa shape index (κ2) is 5.68. The molecule has 0 spiro atoms. The third-order valence-corrected chi connectivity index (χ3v) is 4.05. The van der Waals surface area contributed by atoms with Crippen LogP contribution in [0.4, 0.5) is 5.69 Å². The summed E-state index contributed by atoms with van der Waals surface area (Å²) >= 11 is 0. The molecular weight excluding hydrogens is 266 g/mol. The van der Waals surface area contributed by atoms with E-state index in [4.69, 9.17) is 5.14 Å². The summed E-state index contributed by atoms with van der Waals surface area (Å²) < 4.78 is 22.5. The van der Waals surface area contributed by atoms with Crippen LogP contribution >= 0.6 is 0 Å². The minimum absolute atomic E-state index is 0.00406. The molecule has 1 aliphatic rings. The van der Waals surface area contributed by atoms with Gasteiger partial charge in [0.25, 0.3) is 0 Å². The molecule has 4 N–H and O–H groups in total. The Labute approximate surface area is 112 Å². The fraction of sp³-hybridized carbons (Fsp3) is 0.417. The number of sulfonamides is 1. The molecule has 2 rings (SSSR count). The lowest BCUT2D eigenvalue weighted by Gasteiger charge is -2.21. The number of primary sulfonamides is 1. The predicted octanol–water partition coefficient (Wildman–Crippen LogP) is 0.272. The molecule has 0 bridgehead atoms. The van der Waals surface area contributed by atoms with E-state index in [2.05, 4.69) is 10.6 Å². The smallest absolute Gasteiger partial charge is 0.238 e. The molecule has 7 heteroatoms. The van der Waals surface area contributed by atoms with Crippen LogP contribution < -0.4 is 15.8 Å². The van der Waals surface area contributed by atoms with Gasteiger partial charge in [-0.05, 0) is 44.1 Å². The van der Waals surface area contributed by atoms with Gasteiger partial charge in [-0.15, -0.1) is 0 Å². The predicted molar refractivity (Wildman–Crippen MR) is 72.0 cm³/mol. The summed E-state index contributed by atoms with van der Waals surface area (Å²) in [6.07, 6.45) is 1.58. The molecule has 19 heavy (non-hydrogen) atoms. The summed E-state index contributed by atoms with van der Waals surface area (Å²) in [6.45, 7) is 1.66. The number of nitrogens with two attached hydrogens (primary N) is 1. The van der Waals surface area contributed by atoms with Crippen molar-refractivity contribution in [2.24, 2.45) is 11.1 Å². The van der Waals surface area contributed by atoms with Gasteiger partial charge < -0.3 is 10.6 Å². The Kier molecular flexibility index (Phi) is 4.18. The van der Waals surface area contributed by atoms with Gasteiger partial charge in [-0.25, -0.2) is 13.6 Å². The summed E-state index contributed by atoms with van der Waals surface area (Å²) in [5, 5.41) is 11.0. The van der Waals surface area contributed by atoms with Gasteiger partial charge in [0, 0.05) is 11.6 Å². The average Bonchev–Trinajstić information content (AvgIpc) is 2.39. The molecule has 1 amide bonds. The number of benzene rings is 1. The molecule has 0 aromatic heterocycles. The maximum atomic E-state index is 12.0. The molecule has 0 saturated carbocycles. The zero-order chi connectivity index (χ0) is 13.9. The highest BCUT2D eigenvalue weighted by Crippen LogP contribution is 2.18. The molecule has 0 unspecified atom stereocenters. The number of rotatable bonds is 3. The van der Waals surface area contributed by atoms with Gasteiger partial charge in [-0.1, -0.05) is 6.07 Å². The fourth-order valence-corrected chi connectivity index (χ4v) is 2.64. The molecule has 0 atom stereocenters. The van der Waals surface area contributed by atoms with Crippen molar-refractivity contribution in [3.63, 3.8) is 0 Å². The number of hydrogen-bond donors (Lipinski definition) is 3. The summed E-state index contributed by atoms with van der Waals surface area (Å²) in [7, 11) is -3.75. The molecule has 1 aromatic carbocycles. The number of amides is 1. The molecular formula is C12H17N3O3S. The van der Waals surface area contributed by atoms with Gasteiger partial charge in [-0.3, -0.25) is 4.79 Å². The van der Waals surface area contributed by atoms with Crippen LogP contribution in [0.1, 0.15) is 12.8 Å². The molecule has 104 valence electrons. The number of nitrogens with one attached hydrogen (secondary N) is 2. The summed E-state index contributed by atoms with van der Waals surface area (Å²) in [4.78, 5) is 12.0. The van der Waals surface area contributed by atoms with Gasteiger partial charge in [0.1, 0.15) is 0 Å². The highest BCUT2D eigenvalue weighted by atomic mass is 32.2. The van der Waals surface area contributed by atoms with E-state index in [1.807, 2.05) is 0 Å². The lowest BCUT2D eigenvalue weighted by molar-refractivity contribution is -0.120. The first kappa shape index (κ1) is 14.0. The highest BCUT2D eigenvalue weighted by Gasteiger charge is 2.21. The van der Waals surface area contributed by atoms with Gasteiger partial charge in [0.2, 0.25) is 15.9 Å². The third kappa shape index (κ3) is 3.76. The first-order chi connectivity index (χ1) is 8.97. The van der Waals surface area contributed by atoms with Crippen LogP contribution in [0.15, 0.2) is 29.2 Å². The first-order valence-corrected chi connectivity index (χ1v) is 7.66. The standard InChI is InChI=1S/C12H17N3O3S/c13-19(17,18)11-3-1-2-10(8-11)15-12(16)9-4-6-14-7-5-9/h1-3,8-9,14H,4-7H2,(H,15,16)(H2,13,17,18). The minimum atomic E-state index is -3.75. The highest BCUT2D eigenvalue weighted by molar-refractivity contribution is 7.89. The van der Waals surface area contributed by atoms with Gasteiger partial charge in [-0.2, -0.15) is 0 Å². The molecule has 1 aliphatic heterocycles. The monoisotopic (exact) mass is 283 g/mol. The van der Waals surface area contributed by atoms with Crippen molar-refractivity contribution in [2.45, 2.75) is 17.7 Å². The van der Waals surface area contributed by atoms with Gasteiger partial charge in [0.15, 0.2) is 0 Å². The zero-order valence-corrected chi connectivity index (χ0v) is 11.2. The SMILES string of the molecule is NS(=O)(=O)c1cccc(NC(=O)C2CCNCC2)c1. The topological polar surface area (TPSA) is 101 Å². The van der Waals surface area contributed by atoms with Crippen LogP contribution in [-0.4, -0.2) is 27.4 Å². The second-order valence-electron chi connectivity index (χ2n) is 4.59. The van der Waals surface area contributed by atoms with E-state index >= 15 is 0 Å². The third-order valence-electron chi connectivity index (χ3n) is 3.14. The van der Waals surface area contributed by atoms with Crippen molar-refractivity contribution >= 4 is 21.6 Å². The number of hydrogen-bond acceptors (Lipinski definition) is 4. The average molecular weight is 283 g/mol. The van der Waals surface area contributed by atoms with Crippen molar-refractivity contribution in [2.75, 3.05) is 18.4 Å². The van der Waals surface area contributed by atoms with Crippen LogP contribution in [0, 0.1) is 5.92 Å². The van der Waals surface area contributed by atoms with E-state index in [-0.39, 0.29) is 16.7 Å². The van der Waals surface area contributed by atoms with Crippen molar-refractivity contribution in [3.05, 3.63) is 24.3 Å². The van der Waals surface area contributed by atoms with Gasteiger partial charge >= 0.3 is 0 Å². The Morgan fingerprint density at radius 2 is 2.00 bits per heavy atom. The maximum Gasteiger partial charge on any atom is 0.238 e. The van der Waals surface area contributed by atoms with E-state index in [0.29, 0.717) is 5.69 Å². The molecule has 0 radical (unpaired) electrons. The Morgan fingerprint density at radius 3 is 2.63 bits per heavy atom. The van der Waals surface area contributed by atoms with Crippen molar-refractivity contribution < 1.29 is 13.2 Å². The Hall–Kier alpha value is -1.44. The minimum Gasteiger partial charge on any atom is -0.326 e. The lowest BCUT2D eigenvalue weighted by atomic mass is 9.97. The zero-order valence-electron chi connectivity index (χ0n) is 10.4. The molecule has 0 aliphatic carbocycles. The Bertz CT molecular complexity index is 565. The van der Waals surface area contributed by atoms with E-state index in [1.165, 1.54) is 12.1 Å². The van der Waals surface area contributed by atoms with E-state index < -0.39 is 10.0 Å². The molecule has 1 heterocycles. The summed E-state index contributed by atoms with van der Waals surface area (Å²) in [5.74, 6) is -0.104. The van der Waals surface area contributed by atoms with Crippen LogP contribution in [0.2, 0.25) is 0 Å². The van der Waals surface area contributed by atoms with Crippen molar-refractivity contribution in [1.29, 1.82) is 0 Å². The number of piperidine rings is 1. The number of carbonyl (C=O) groups excluding carboxylic acids is 1. The summed E-state index contributed by atoms with van der Waals surface area (Å²) in [6, 6.07) is 5.97. The van der Waals surface area contributed by atoms with Gasteiger partial charge in [0.05, 0.1) is 4.90 Å². The van der Waals surface area contributed by atoms with Crippen LogP contribution in [-0.2, 0) is 14.8 Å². The van der Waals surface area contributed by atoms with Crippen molar-refractivity contribution in [1.82, 2.24) is 5.32 Å². The molecule has 1 aromatic rings. The van der Waals surface area contributed by atoms with Crippen LogP contribution in [0.5, 0.6) is 0 Å². The number of carbonyl (C=O) groups is 1. The second-order valence-corrected chi connectivity index (χ2v) is 6.15. The largest absolute Gasteiger partial charge is 0.326 e. The molecule has 6 nitrogen and oxygen atoms in total. The van der Waals surface area contributed by atoms with E-state index in [9.17, 15) is 13.2 Å². The van der Waals surface area contributed by atoms with Crippen LogP contribution in [0.3, 0.4) is 0 Å². The fourth-order valence-electron chi connectivity index (χ4n) is 2.08. The Balaban J connectivity index is 2.08. The summed E-state index contributed by atoms with van der Waals surface area (Å²) in [5.41, 5.74) is 0.454. The first-order valence-electron chi connectivity index (χ1n) is 6.11. The van der Waals surface area contributed by atoms with Crippen LogP contribution in [0.25, 0.3) is 0 Å². The van der Waals surface area contributed by atoms with Crippen molar-refractivity contribution in [3.8, 4) is 0 Å². The Morgan fingerprint density at radius 1 is 1.32 bits per heavy atom. The lowest BCUT2D eigenvalue weighted by Crippen LogP contribution is -2.34. The normalized spacial score (nSPS) is 17.1. The van der Waals surface area contributed by atoms with E-state index in [0.717, 1.165) is 25.9 Å².